The Bertz CT molecular complexity index is 936. The van der Waals surface area contributed by atoms with Crippen LogP contribution in [0.5, 0.6) is 0 Å². The van der Waals surface area contributed by atoms with Gasteiger partial charge in [-0.25, -0.2) is 9.97 Å². The minimum absolute atomic E-state index is 0. The number of amides is 1. The molecule has 2 aliphatic rings. The lowest BCUT2D eigenvalue weighted by Gasteiger charge is -2.35. The van der Waals surface area contributed by atoms with Crippen LogP contribution in [0, 0.1) is 0 Å². The second kappa shape index (κ2) is 8.04. The molecule has 0 N–H and O–H groups in total. The summed E-state index contributed by atoms with van der Waals surface area (Å²) in [6.07, 6.45) is 6.74. The highest BCUT2D eigenvalue weighted by molar-refractivity contribution is 7.19. The molecule has 1 aliphatic carbocycles. The number of nitrogens with zero attached hydrogens (tertiary/aromatic N) is 4. The number of halogens is 2. The van der Waals surface area contributed by atoms with Gasteiger partial charge in [-0.3, -0.25) is 4.79 Å². The number of hydrogen-bond donors (Lipinski definition) is 0. The number of piperazine rings is 1. The highest BCUT2D eigenvalue weighted by Crippen LogP contribution is 2.40. The minimum Gasteiger partial charge on any atom is -0.459 e. The highest BCUT2D eigenvalue weighted by Gasteiger charge is 2.28. The van der Waals surface area contributed by atoms with Gasteiger partial charge in [-0.15, -0.1) is 36.2 Å². The van der Waals surface area contributed by atoms with E-state index in [4.69, 9.17) is 4.42 Å². The van der Waals surface area contributed by atoms with E-state index >= 15 is 0 Å². The van der Waals surface area contributed by atoms with Crippen LogP contribution in [0.4, 0.5) is 5.82 Å². The molecule has 6 nitrogen and oxygen atoms in total. The Morgan fingerprint density at radius 2 is 1.93 bits per heavy atom. The molecule has 0 aromatic carbocycles. The van der Waals surface area contributed by atoms with Gasteiger partial charge in [-0.2, -0.15) is 0 Å². The first-order valence-corrected chi connectivity index (χ1v) is 9.46. The highest BCUT2D eigenvalue weighted by atomic mass is 35.5. The number of hydrogen-bond acceptors (Lipinski definition) is 6. The van der Waals surface area contributed by atoms with E-state index in [1.54, 1.807) is 18.5 Å². The van der Waals surface area contributed by atoms with Gasteiger partial charge in [0.25, 0.3) is 5.91 Å². The quantitative estimate of drug-likeness (QED) is 0.626. The van der Waals surface area contributed by atoms with Gasteiger partial charge in [0.05, 0.1) is 11.6 Å². The van der Waals surface area contributed by atoms with Crippen LogP contribution in [0.25, 0.3) is 10.2 Å². The Balaban J connectivity index is 0.00000105. The number of aryl methyl sites for hydroxylation is 2. The normalized spacial score (nSPS) is 16.0. The number of aromatic nitrogens is 2. The molecule has 1 aliphatic heterocycles. The summed E-state index contributed by atoms with van der Waals surface area (Å²) in [4.78, 5) is 28.2. The lowest BCUT2D eigenvalue weighted by Crippen LogP contribution is -2.49. The molecule has 0 spiro atoms. The van der Waals surface area contributed by atoms with Crippen molar-refractivity contribution in [3.05, 3.63) is 40.9 Å². The molecule has 0 bridgehead atoms. The predicted molar refractivity (Wildman–Crippen MR) is 111 cm³/mol. The molecular weight excluding hydrogens is 407 g/mol. The third-order valence-electron chi connectivity index (χ3n) is 5.08. The molecule has 0 saturated carbocycles. The van der Waals surface area contributed by atoms with Crippen molar-refractivity contribution in [2.24, 2.45) is 0 Å². The maximum Gasteiger partial charge on any atom is 0.289 e. The second-order valence-electron chi connectivity index (χ2n) is 6.49. The fourth-order valence-corrected chi connectivity index (χ4v) is 5.05. The number of rotatable bonds is 2. The van der Waals surface area contributed by atoms with Gasteiger partial charge in [0, 0.05) is 31.1 Å². The summed E-state index contributed by atoms with van der Waals surface area (Å²) in [6, 6.07) is 3.47. The van der Waals surface area contributed by atoms with Crippen LogP contribution >= 0.6 is 36.2 Å². The summed E-state index contributed by atoms with van der Waals surface area (Å²) >= 11 is 1.81. The average Bonchev–Trinajstić information content (AvgIpc) is 3.37. The molecule has 9 heteroatoms. The van der Waals surface area contributed by atoms with Crippen molar-refractivity contribution in [3.63, 3.8) is 0 Å². The molecule has 0 atom stereocenters. The Kier molecular flexibility index (Phi) is 5.93. The maximum atomic E-state index is 12.4. The Labute approximate surface area is 173 Å². The van der Waals surface area contributed by atoms with Crippen molar-refractivity contribution in [2.75, 3.05) is 31.1 Å². The van der Waals surface area contributed by atoms with E-state index in [1.165, 1.54) is 34.9 Å². The van der Waals surface area contributed by atoms with Gasteiger partial charge < -0.3 is 14.2 Å². The molecule has 1 amide bonds. The van der Waals surface area contributed by atoms with E-state index < -0.39 is 0 Å². The van der Waals surface area contributed by atoms with E-state index in [1.807, 2.05) is 16.2 Å². The standard InChI is InChI=1S/C18H18N4O2S.2ClH/c23-18(13-4-2-10-24-13)22-8-6-21(7-9-22)16-15-12-3-1-5-14(12)25-17(15)20-11-19-16;;/h2,4,10-11H,1,3,5-9H2;2*1H. The summed E-state index contributed by atoms with van der Waals surface area (Å²) in [6.45, 7) is 2.92. The molecule has 3 aromatic rings. The van der Waals surface area contributed by atoms with E-state index in [0.717, 1.165) is 30.2 Å². The SMILES string of the molecule is Cl.Cl.O=C(c1ccco1)N1CCN(c2ncnc3sc4c(c23)CCC4)CC1. The molecule has 5 rings (SSSR count). The third kappa shape index (κ3) is 3.39. The molecule has 0 unspecified atom stereocenters. The first kappa shape index (κ1) is 19.9. The van der Waals surface area contributed by atoms with Crippen molar-refractivity contribution in [3.8, 4) is 0 Å². The largest absolute Gasteiger partial charge is 0.459 e. The van der Waals surface area contributed by atoms with Crippen molar-refractivity contribution in [1.29, 1.82) is 0 Å². The maximum absolute atomic E-state index is 12.4. The van der Waals surface area contributed by atoms with E-state index in [0.29, 0.717) is 18.8 Å². The smallest absolute Gasteiger partial charge is 0.289 e. The van der Waals surface area contributed by atoms with Gasteiger partial charge in [-0.1, -0.05) is 0 Å². The van der Waals surface area contributed by atoms with E-state index in [-0.39, 0.29) is 30.7 Å². The monoisotopic (exact) mass is 426 g/mol. The van der Waals surface area contributed by atoms with Gasteiger partial charge in [0.1, 0.15) is 17.0 Å². The third-order valence-corrected chi connectivity index (χ3v) is 6.28. The molecule has 3 aromatic heterocycles. The van der Waals surface area contributed by atoms with Crippen LogP contribution < -0.4 is 4.90 Å². The summed E-state index contributed by atoms with van der Waals surface area (Å²) in [5, 5.41) is 1.24. The minimum atomic E-state index is -0.0334. The molecule has 144 valence electrons. The van der Waals surface area contributed by atoms with Gasteiger partial charge in [0.2, 0.25) is 0 Å². The molecule has 1 fully saturated rings. The lowest BCUT2D eigenvalue weighted by molar-refractivity contribution is 0.0714. The average molecular weight is 427 g/mol. The first-order chi connectivity index (χ1) is 12.3. The fraction of sp³-hybridized carbons (Fsp3) is 0.389. The van der Waals surface area contributed by atoms with Crippen LogP contribution in [0.3, 0.4) is 0 Å². The van der Waals surface area contributed by atoms with Crippen molar-refractivity contribution in [1.82, 2.24) is 14.9 Å². The van der Waals surface area contributed by atoms with Crippen molar-refractivity contribution < 1.29 is 9.21 Å². The predicted octanol–water partition coefficient (Wildman–Crippen LogP) is 3.58. The second-order valence-corrected chi connectivity index (χ2v) is 7.57. The Hall–Kier alpha value is -1.83. The summed E-state index contributed by atoms with van der Waals surface area (Å²) in [5.41, 5.74) is 1.45. The van der Waals surface area contributed by atoms with Gasteiger partial charge >= 0.3 is 0 Å². The van der Waals surface area contributed by atoms with Gasteiger partial charge in [-0.05, 0) is 37.0 Å². The zero-order chi connectivity index (χ0) is 16.8. The molecule has 27 heavy (non-hydrogen) atoms. The zero-order valence-corrected chi connectivity index (χ0v) is 17.0. The van der Waals surface area contributed by atoms with E-state index in [9.17, 15) is 4.79 Å². The number of thiophene rings is 1. The number of carbonyl (C=O) groups is 1. The number of furan rings is 1. The first-order valence-electron chi connectivity index (χ1n) is 8.64. The van der Waals surface area contributed by atoms with Crippen LogP contribution in [0.2, 0.25) is 0 Å². The van der Waals surface area contributed by atoms with Crippen LogP contribution in [0.15, 0.2) is 29.1 Å². The number of fused-ring (bicyclic) bond motifs is 3. The molecule has 4 heterocycles. The Morgan fingerprint density at radius 3 is 2.67 bits per heavy atom. The lowest BCUT2D eigenvalue weighted by atomic mass is 10.1. The van der Waals surface area contributed by atoms with E-state index in [2.05, 4.69) is 14.9 Å². The molecule has 1 saturated heterocycles. The summed E-state index contributed by atoms with van der Waals surface area (Å²) in [5.74, 6) is 1.41. The van der Waals surface area contributed by atoms with Crippen LogP contribution in [-0.2, 0) is 12.8 Å². The van der Waals surface area contributed by atoms with Crippen molar-refractivity contribution >= 4 is 58.1 Å². The zero-order valence-electron chi connectivity index (χ0n) is 14.6. The summed E-state index contributed by atoms with van der Waals surface area (Å²) < 4.78 is 5.23. The topological polar surface area (TPSA) is 62.5 Å². The molecular formula is C18H20Cl2N4O2S. The number of carbonyl (C=O) groups excluding carboxylic acids is 1. The number of anilines is 1. The molecule has 0 radical (unpaired) electrons. The van der Waals surface area contributed by atoms with Gasteiger partial charge in [0.15, 0.2) is 5.76 Å². The van der Waals surface area contributed by atoms with Crippen LogP contribution in [-0.4, -0.2) is 47.0 Å². The van der Waals surface area contributed by atoms with Crippen molar-refractivity contribution in [2.45, 2.75) is 19.3 Å². The Morgan fingerprint density at radius 1 is 1.11 bits per heavy atom. The fourth-order valence-electron chi connectivity index (χ4n) is 3.83. The van der Waals surface area contributed by atoms with Crippen LogP contribution in [0.1, 0.15) is 27.4 Å². The summed E-state index contributed by atoms with van der Waals surface area (Å²) in [7, 11) is 0.